The predicted octanol–water partition coefficient (Wildman–Crippen LogP) is 11.4. The van der Waals surface area contributed by atoms with E-state index in [9.17, 15) is 19.8 Å². The summed E-state index contributed by atoms with van der Waals surface area (Å²) in [6.07, 6.45) is 20.4. The van der Waals surface area contributed by atoms with Crippen molar-refractivity contribution in [2.75, 3.05) is 39.6 Å². The zero-order valence-corrected chi connectivity index (χ0v) is 39.7. The summed E-state index contributed by atoms with van der Waals surface area (Å²) in [6, 6.07) is 14.5. The molecule has 0 spiro atoms. The van der Waals surface area contributed by atoms with Gasteiger partial charge in [-0.05, 0) is 86.6 Å². The molecule has 0 bridgehead atoms. The highest BCUT2D eigenvalue weighted by Gasteiger charge is 2.65. The van der Waals surface area contributed by atoms with E-state index in [1.807, 2.05) is 49.4 Å². The molecule has 12 heteroatoms. The number of hydrogen-bond donors (Lipinski definition) is 3. The lowest BCUT2D eigenvalue weighted by atomic mass is 9.55. The number of carbonyl (C=O) groups is 2. The number of nitrogens with one attached hydrogen (secondary N) is 1. The van der Waals surface area contributed by atoms with Gasteiger partial charge in [0.2, 0.25) is 5.79 Å². The maximum Gasteiger partial charge on any atom is 0.412 e. The normalized spacial score (nSPS) is 22.5. The molecule has 2 aromatic rings. The van der Waals surface area contributed by atoms with Crippen molar-refractivity contribution in [2.45, 2.75) is 161 Å². The van der Waals surface area contributed by atoms with Gasteiger partial charge in [0.25, 0.3) is 0 Å². The van der Waals surface area contributed by atoms with E-state index >= 15 is 0 Å². The second-order valence-electron chi connectivity index (χ2n) is 17.9. The third kappa shape index (κ3) is 14.3. The topological polar surface area (TPSA) is 148 Å². The molecule has 1 saturated carbocycles. The summed E-state index contributed by atoms with van der Waals surface area (Å²) < 4.78 is 26.4. The number of allylic oxidation sites excluding steroid dienone is 1. The summed E-state index contributed by atoms with van der Waals surface area (Å²) >= 11 is 0. The zero-order valence-electron chi connectivity index (χ0n) is 39.7. The molecule has 360 valence electrons. The van der Waals surface area contributed by atoms with Gasteiger partial charge in [0.05, 0.1) is 24.8 Å². The molecule has 5 rings (SSSR count). The number of rotatable bonds is 30. The van der Waals surface area contributed by atoms with E-state index in [4.69, 9.17) is 28.9 Å². The van der Waals surface area contributed by atoms with Crippen molar-refractivity contribution < 1.29 is 43.6 Å². The van der Waals surface area contributed by atoms with E-state index in [0.717, 1.165) is 67.4 Å². The van der Waals surface area contributed by atoms with Gasteiger partial charge in [0.1, 0.15) is 24.1 Å². The Balaban J connectivity index is 1.54. The van der Waals surface area contributed by atoms with E-state index in [2.05, 4.69) is 31.8 Å². The molecule has 3 aliphatic rings. The van der Waals surface area contributed by atoms with Crippen LogP contribution in [0.2, 0.25) is 0 Å². The fourth-order valence-electron chi connectivity index (χ4n) is 10.2. The lowest BCUT2D eigenvalue weighted by molar-refractivity contribution is -0.255. The van der Waals surface area contributed by atoms with Crippen LogP contribution in [0.25, 0.3) is 0 Å². The highest BCUT2D eigenvalue weighted by atomic mass is 16.7. The molecule has 2 aromatic carbocycles. The van der Waals surface area contributed by atoms with Crippen molar-refractivity contribution >= 4 is 17.9 Å². The first-order chi connectivity index (χ1) is 31.8. The van der Waals surface area contributed by atoms with Gasteiger partial charge in [-0.1, -0.05) is 132 Å². The van der Waals surface area contributed by atoms with Gasteiger partial charge in [-0.3, -0.25) is 4.90 Å². The number of carbonyl (C=O) groups excluding carboxylic acids is 2. The first-order valence-corrected chi connectivity index (χ1v) is 25.0. The molecule has 1 fully saturated rings. The largest absolute Gasteiger partial charge is 0.459 e. The van der Waals surface area contributed by atoms with Crippen molar-refractivity contribution in [3.8, 4) is 11.5 Å². The number of oxime groups is 1. The maximum atomic E-state index is 14.5. The summed E-state index contributed by atoms with van der Waals surface area (Å²) in [5.41, 5.74) is 3.50. The van der Waals surface area contributed by atoms with E-state index < -0.39 is 29.9 Å². The monoisotopic (exact) mass is 902 g/mol. The third-order valence-electron chi connectivity index (χ3n) is 13.2. The van der Waals surface area contributed by atoms with E-state index in [-0.39, 0.29) is 37.6 Å². The first kappa shape index (κ1) is 51.6. The average Bonchev–Trinajstić information content (AvgIpc) is 3.32. The summed E-state index contributed by atoms with van der Waals surface area (Å²) in [7, 11) is 0. The van der Waals surface area contributed by atoms with Gasteiger partial charge in [0.15, 0.2) is 0 Å². The summed E-state index contributed by atoms with van der Waals surface area (Å²) in [6.45, 7) is 12.0. The van der Waals surface area contributed by atoms with Crippen LogP contribution in [0.1, 0.15) is 153 Å². The molecule has 12 nitrogen and oxygen atoms in total. The van der Waals surface area contributed by atoms with Crippen LogP contribution in [-0.4, -0.2) is 84.4 Å². The number of ether oxygens (including phenoxy) is 4. The Bertz CT molecular complexity index is 1800. The Morgan fingerprint density at radius 1 is 0.892 bits per heavy atom. The highest BCUT2D eigenvalue weighted by molar-refractivity contribution is 6.03. The zero-order chi connectivity index (χ0) is 46.3. The van der Waals surface area contributed by atoms with Gasteiger partial charge < -0.3 is 39.3 Å². The van der Waals surface area contributed by atoms with Crippen molar-refractivity contribution in [2.24, 2.45) is 22.9 Å². The van der Waals surface area contributed by atoms with E-state index in [1.54, 1.807) is 17.0 Å². The minimum atomic E-state index is -1.39. The van der Waals surface area contributed by atoms with E-state index in [0.29, 0.717) is 63.5 Å². The van der Waals surface area contributed by atoms with Crippen LogP contribution < -0.4 is 14.8 Å². The van der Waals surface area contributed by atoms with Gasteiger partial charge in [-0.15, -0.1) is 6.58 Å². The summed E-state index contributed by atoms with van der Waals surface area (Å²) in [5, 5.41) is 27.5. The van der Waals surface area contributed by atoms with Gasteiger partial charge >= 0.3 is 12.2 Å². The highest BCUT2D eigenvalue weighted by Crippen LogP contribution is 2.62. The number of aliphatic hydroxyl groups is 2. The van der Waals surface area contributed by atoms with Crippen LogP contribution in [0, 0.1) is 17.8 Å². The van der Waals surface area contributed by atoms with Gasteiger partial charge in [-0.2, -0.15) is 0 Å². The standard InChI is InChI=1S/C53H79N3O9/c1-5-9-10-11-12-13-14-15-16-24-35-61-52(60)56(31-6-2)48-38-46(55-63-8-4)44-36-41(27-20-22-32-57)43(28-21-23-33-58)49-45-37-42(64-51(59)54-39-40-25-18-17-19-26-40)29-30-47(45)65-53(48,50(44)49)62-34-7-3/h7,17-19,25-26,29-30,36-37,41,43,48-50,57-58H,3,5-6,8-16,20-24,27-28,31-35,38-39H2,1-2,4H3,(H,54,59)/t41-,43+,48-,49+,50+,53+/m0/s1. The van der Waals surface area contributed by atoms with Gasteiger partial charge in [-0.25, -0.2) is 9.59 Å². The van der Waals surface area contributed by atoms with Gasteiger partial charge in [0, 0.05) is 44.2 Å². The van der Waals surface area contributed by atoms with Crippen molar-refractivity contribution in [3.05, 3.63) is 84.0 Å². The fraction of sp³-hybridized carbons (Fsp3) is 0.642. The number of benzene rings is 2. The SMILES string of the molecule is C=CCO[C@@]12Oc3ccc(OC(=O)NCc4ccccc4)cc3[C@H]3[C@H](CCCCO)[C@@H](CCCCO)C=C(C(=NOCC)C[C@@H]1N(CCC)C(=O)OCCCCCCCCCCCC)[C@H]32. The molecule has 65 heavy (non-hydrogen) atoms. The average molecular weight is 902 g/mol. The van der Waals surface area contributed by atoms with Crippen molar-refractivity contribution in [1.82, 2.24) is 10.2 Å². The lowest BCUT2D eigenvalue weighted by Gasteiger charge is -2.59. The molecular formula is C53H79N3O9. The number of amides is 2. The van der Waals surface area contributed by atoms with Crippen LogP contribution in [-0.2, 0) is 20.9 Å². The second-order valence-corrected chi connectivity index (χ2v) is 17.9. The summed E-state index contributed by atoms with van der Waals surface area (Å²) in [5.74, 6) is -1.07. The summed E-state index contributed by atoms with van der Waals surface area (Å²) in [4.78, 5) is 35.4. The predicted molar refractivity (Wildman–Crippen MR) is 256 cm³/mol. The maximum absolute atomic E-state index is 14.5. The van der Waals surface area contributed by atoms with Crippen molar-refractivity contribution in [1.29, 1.82) is 0 Å². The smallest absolute Gasteiger partial charge is 0.412 e. The molecule has 3 N–H and O–H groups in total. The number of aliphatic hydroxyl groups excluding tert-OH is 2. The molecule has 0 aromatic heterocycles. The number of unbranched alkanes of at least 4 members (excludes halogenated alkanes) is 11. The van der Waals surface area contributed by atoms with Crippen molar-refractivity contribution in [3.63, 3.8) is 0 Å². The minimum absolute atomic E-state index is 0.0283. The Labute approximate surface area is 389 Å². The fourth-order valence-corrected chi connectivity index (χ4v) is 10.2. The Morgan fingerprint density at radius 2 is 1.60 bits per heavy atom. The number of nitrogens with zero attached hydrogens (tertiary/aromatic N) is 2. The van der Waals surface area contributed by atoms with Crippen LogP contribution >= 0.6 is 0 Å². The molecule has 0 unspecified atom stereocenters. The molecule has 2 amide bonds. The third-order valence-corrected chi connectivity index (χ3v) is 13.2. The molecule has 1 aliphatic heterocycles. The quantitative estimate of drug-likeness (QED) is 0.0396. The molecular weight excluding hydrogens is 823 g/mol. The molecule has 0 saturated heterocycles. The minimum Gasteiger partial charge on any atom is -0.459 e. The van der Waals surface area contributed by atoms with Crippen LogP contribution in [0.15, 0.2) is 78.0 Å². The van der Waals surface area contributed by atoms with E-state index in [1.165, 1.54) is 44.9 Å². The number of fused-ring (bicyclic) bond motifs is 2. The van der Waals surface area contributed by atoms with Crippen LogP contribution in [0.5, 0.6) is 11.5 Å². The Hall–Kier alpha value is -4.39. The Kier molecular flexibility index (Phi) is 22.2. The molecule has 0 radical (unpaired) electrons. The second kappa shape index (κ2) is 27.9. The molecule has 2 aliphatic carbocycles. The lowest BCUT2D eigenvalue weighted by Crippen LogP contribution is -2.70. The molecule has 1 heterocycles. The Morgan fingerprint density at radius 3 is 2.28 bits per heavy atom. The molecule has 6 atom stereocenters. The first-order valence-electron chi connectivity index (χ1n) is 25.0. The number of hydrogen-bond acceptors (Lipinski definition) is 10. The van der Waals surface area contributed by atoms with Crippen LogP contribution in [0.4, 0.5) is 9.59 Å². The van der Waals surface area contributed by atoms with Crippen LogP contribution in [0.3, 0.4) is 0 Å².